The number of nitrogens with zero attached hydrogens (tertiary/aromatic N) is 4. The zero-order chi connectivity index (χ0) is 27.1. The smallest absolute Gasteiger partial charge is 0.411 e. The number of alkyl halides is 2. The summed E-state index contributed by atoms with van der Waals surface area (Å²) in [6.07, 6.45) is -0.841. The standard InChI is InChI=1S/C25H32F4N4O4/c1-24(2,3)37-23(36)33-14-17(13-20(33)22(35)32-7-6-25(28,29)15-32)30-8-10-31(11-9-30)21(34)18-5-4-16(26)12-19(18)27/h4-5,12,17,20H,6-11,13-15H2,1-3H3/t17-,20-/m0/s1. The Morgan fingerprint density at radius 1 is 1.00 bits per heavy atom. The molecule has 204 valence electrons. The molecule has 0 bridgehead atoms. The molecule has 8 nitrogen and oxygen atoms in total. The van der Waals surface area contributed by atoms with Crippen LogP contribution in [0.25, 0.3) is 0 Å². The summed E-state index contributed by atoms with van der Waals surface area (Å²) < 4.78 is 60.3. The zero-order valence-corrected chi connectivity index (χ0v) is 21.2. The van der Waals surface area contributed by atoms with Crippen molar-refractivity contribution in [2.45, 2.75) is 57.2 Å². The third-order valence-corrected chi connectivity index (χ3v) is 6.95. The van der Waals surface area contributed by atoms with Gasteiger partial charge in [0.2, 0.25) is 5.91 Å². The van der Waals surface area contributed by atoms with E-state index < -0.39 is 60.1 Å². The molecule has 2 atom stereocenters. The Morgan fingerprint density at radius 3 is 2.24 bits per heavy atom. The van der Waals surface area contributed by atoms with Crippen molar-refractivity contribution in [1.82, 2.24) is 19.6 Å². The minimum atomic E-state index is -2.95. The summed E-state index contributed by atoms with van der Waals surface area (Å²) in [5.41, 5.74) is -1.01. The number of carbonyl (C=O) groups is 3. The van der Waals surface area contributed by atoms with Gasteiger partial charge in [-0.2, -0.15) is 0 Å². The van der Waals surface area contributed by atoms with Crippen LogP contribution in [0.2, 0.25) is 0 Å². The molecule has 0 aliphatic carbocycles. The van der Waals surface area contributed by atoms with Crippen LogP contribution in [-0.4, -0.2) is 107 Å². The summed E-state index contributed by atoms with van der Waals surface area (Å²) in [7, 11) is 0. The first-order chi connectivity index (χ1) is 17.2. The molecule has 0 radical (unpaired) electrons. The zero-order valence-electron chi connectivity index (χ0n) is 21.2. The average molecular weight is 529 g/mol. The molecule has 37 heavy (non-hydrogen) atoms. The highest BCUT2D eigenvalue weighted by Gasteiger charge is 2.48. The topological polar surface area (TPSA) is 73.4 Å². The Kier molecular flexibility index (Phi) is 7.42. The van der Waals surface area contributed by atoms with E-state index in [2.05, 4.69) is 0 Å². The van der Waals surface area contributed by atoms with Crippen molar-refractivity contribution in [3.05, 3.63) is 35.4 Å². The van der Waals surface area contributed by atoms with Crippen molar-refractivity contribution < 1.29 is 36.7 Å². The largest absolute Gasteiger partial charge is 0.444 e. The summed E-state index contributed by atoms with van der Waals surface area (Å²) in [6.45, 7) is 5.91. The van der Waals surface area contributed by atoms with Gasteiger partial charge in [0.05, 0.1) is 12.1 Å². The van der Waals surface area contributed by atoms with Crippen LogP contribution in [0.5, 0.6) is 0 Å². The summed E-state index contributed by atoms with van der Waals surface area (Å²) in [6, 6.07) is 1.64. The number of amides is 3. The van der Waals surface area contributed by atoms with Gasteiger partial charge in [-0.1, -0.05) is 0 Å². The second-order valence-corrected chi connectivity index (χ2v) is 10.9. The fourth-order valence-electron chi connectivity index (χ4n) is 5.09. The molecule has 3 fully saturated rings. The van der Waals surface area contributed by atoms with Gasteiger partial charge in [-0.3, -0.25) is 19.4 Å². The summed E-state index contributed by atoms with van der Waals surface area (Å²) >= 11 is 0. The lowest BCUT2D eigenvalue weighted by Crippen LogP contribution is -2.52. The number of hydrogen-bond donors (Lipinski definition) is 0. The molecule has 0 unspecified atom stereocenters. The number of piperazine rings is 1. The molecule has 1 aromatic rings. The first kappa shape index (κ1) is 27.2. The lowest BCUT2D eigenvalue weighted by atomic mass is 10.1. The van der Waals surface area contributed by atoms with Crippen molar-refractivity contribution in [3.63, 3.8) is 0 Å². The summed E-state index contributed by atoms with van der Waals surface area (Å²) in [4.78, 5) is 44.8. The third-order valence-electron chi connectivity index (χ3n) is 6.95. The maximum atomic E-state index is 14.1. The van der Waals surface area contributed by atoms with Crippen molar-refractivity contribution in [3.8, 4) is 0 Å². The van der Waals surface area contributed by atoms with Gasteiger partial charge in [0.1, 0.15) is 23.3 Å². The quantitative estimate of drug-likeness (QED) is 0.565. The molecule has 0 saturated carbocycles. The molecule has 3 amide bonds. The molecular weight excluding hydrogens is 496 g/mol. The molecule has 0 aromatic heterocycles. The van der Waals surface area contributed by atoms with Crippen molar-refractivity contribution >= 4 is 17.9 Å². The minimum Gasteiger partial charge on any atom is -0.444 e. The number of carbonyl (C=O) groups excluding carboxylic acids is 3. The number of benzene rings is 1. The first-order valence-electron chi connectivity index (χ1n) is 12.4. The molecule has 3 saturated heterocycles. The van der Waals surface area contributed by atoms with Crippen molar-refractivity contribution in [2.75, 3.05) is 45.8 Å². The lowest BCUT2D eigenvalue weighted by Gasteiger charge is -2.38. The van der Waals surface area contributed by atoms with E-state index in [4.69, 9.17) is 4.74 Å². The fraction of sp³-hybridized carbons (Fsp3) is 0.640. The van der Waals surface area contributed by atoms with Crippen LogP contribution < -0.4 is 0 Å². The highest BCUT2D eigenvalue weighted by atomic mass is 19.3. The molecule has 3 aliphatic rings. The van der Waals surface area contributed by atoms with Gasteiger partial charge in [0.25, 0.3) is 11.8 Å². The van der Waals surface area contributed by atoms with Crippen LogP contribution >= 0.6 is 0 Å². The lowest BCUT2D eigenvalue weighted by molar-refractivity contribution is -0.136. The SMILES string of the molecule is CC(C)(C)OC(=O)N1C[C@@H](N2CCN(C(=O)c3ccc(F)cc3F)CC2)C[C@H]1C(=O)N1CCC(F)(F)C1. The second kappa shape index (κ2) is 10.1. The van der Waals surface area contributed by atoms with E-state index in [9.17, 15) is 31.9 Å². The van der Waals surface area contributed by atoms with Gasteiger partial charge in [-0.15, -0.1) is 0 Å². The Hall–Kier alpha value is -2.89. The molecule has 0 N–H and O–H groups in total. The monoisotopic (exact) mass is 528 g/mol. The molecule has 3 heterocycles. The Labute approximate surface area is 213 Å². The van der Waals surface area contributed by atoms with Gasteiger partial charge in [0.15, 0.2) is 0 Å². The number of hydrogen-bond acceptors (Lipinski definition) is 5. The predicted octanol–water partition coefficient (Wildman–Crippen LogP) is 2.97. The van der Waals surface area contributed by atoms with Crippen LogP contribution in [0.1, 0.15) is 44.0 Å². The number of halogens is 4. The van der Waals surface area contributed by atoms with Gasteiger partial charge in [0, 0.05) is 57.8 Å². The number of rotatable bonds is 3. The van der Waals surface area contributed by atoms with E-state index in [-0.39, 0.29) is 44.2 Å². The van der Waals surface area contributed by atoms with Crippen LogP contribution in [0.3, 0.4) is 0 Å². The first-order valence-corrected chi connectivity index (χ1v) is 12.4. The second-order valence-electron chi connectivity index (χ2n) is 10.9. The Balaban J connectivity index is 1.43. The molecule has 4 rings (SSSR count). The maximum absolute atomic E-state index is 14.1. The molecule has 3 aliphatic heterocycles. The van der Waals surface area contributed by atoms with E-state index in [1.807, 2.05) is 4.90 Å². The highest BCUT2D eigenvalue weighted by Crippen LogP contribution is 2.31. The maximum Gasteiger partial charge on any atom is 0.411 e. The fourth-order valence-corrected chi connectivity index (χ4v) is 5.09. The van der Waals surface area contributed by atoms with Crippen molar-refractivity contribution in [1.29, 1.82) is 0 Å². The number of ether oxygens (including phenoxy) is 1. The van der Waals surface area contributed by atoms with E-state index in [0.717, 1.165) is 17.0 Å². The van der Waals surface area contributed by atoms with Gasteiger partial charge >= 0.3 is 6.09 Å². The van der Waals surface area contributed by atoms with Gasteiger partial charge in [-0.25, -0.2) is 22.4 Å². The van der Waals surface area contributed by atoms with Gasteiger partial charge < -0.3 is 14.5 Å². The summed E-state index contributed by atoms with van der Waals surface area (Å²) in [5.74, 6) is -5.70. The molecular formula is C25H32F4N4O4. The highest BCUT2D eigenvalue weighted by molar-refractivity contribution is 5.94. The Morgan fingerprint density at radius 2 is 1.68 bits per heavy atom. The molecule has 1 aromatic carbocycles. The van der Waals surface area contributed by atoms with Crippen LogP contribution in [0.15, 0.2) is 18.2 Å². The van der Waals surface area contributed by atoms with E-state index in [0.29, 0.717) is 19.2 Å². The van der Waals surface area contributed by atoms with E-state index in [1.54, 1.807) is 20.8 Å². The normalized spacial score (nSPS) is 24.5. The van der Waals surface area contributed by atoms with Crippen LogP contribution in [-0.2, 0) is 9.53 Å². The van der Waals surface area contributed by atoms with E-state index in [1.165, 1.54) is 9.80 Å². The minimum absolute atomic E-state index is 0.0735. The number of likely N-dealkylation sites (tertiary alicyclic amines) is 2. The van der Waals surface area contributed by atoms with E-state index >= 15 is 0 Å². The van der Waals surface area contributed by atoms with Gasteiger partial charge in [-0.05, 0) is 39.3 Å². The molecule has 0 spiro atoms. The van der Waals surface area contributed by atoms with Crippen LogP contribution in [0.4, 0.5) is 22.4 Å². The van der Waals surface area contributed by atoms with Crippen molar-refractivity contribution in [2.24, 2.45) is 0 Å². The molecule has 12 heteroatoms. The average Bonchev–Trinajstić information content (AvgIpc) is 3.41. The third kappa shape index (κ3) is 6.16. The van der Waals surface area contributed by atoms with Crippen LogP contribution in [0, 0.1) is 11.6 Å². The Bertz CT molecular complexity index is 1060. The summed E-state index contributed by atoms with van der Waals surface area (Å²) in [5, 5.41) is 0. The predicted molar refractivity (Wildman–Crippen MR) is 125 cm³/mol.